The first-order chi connectivity index (χ1) is 17.7. The Labute approximate surface area is 216 Å². The Hall–Kier alpha value is -2.94. The maximum absolute atomic E-state index is 13.2. The number of nitrogens with one attached hydrogen (secondary N) is 1. The van der Waals surface area contributed by atoms with Crippen molar-refractivity contribution in [2.24, 2.45) is 17.8 Å². The monoisotopic (exact) mass is 511 g/mol. The van der Waals surface area contributed by atoms with Crippen LogP contribution in [0, 0.1) is 31.6 Å². The average molecular weight is 512 g/mol. The Morgan fingerprint density at radius 2 is 1.65 bits per heavy atom. The molecular weight excluding hydrogens is 476 g/mol. The summed E-state index contributed by atoms with van der Waals surface area (Å²) in [6.07, 6.45) is 2.02. The van der Waals surface area contributed by atoms with Gasteiger partial charge in [-0.1, -0.05) is 30.3 Å². The molecule has 198 valence electrons. The average Bonchev–Trinajstić information content (AvgIpc) is 3.40. The number of likely N-dealkylation sites (tertiary alicyclic amines) is 2. The minimum atomic E-state index is -2.61. The topological polar surface area (TPSA) is 78.4 Å². The van der Waals surface area contributed by atoms with E-state index in [2.05, 4.69) is 20.2 Å². The fraction of sp³-hybridized carbons (Fsp3) is 0.571. The fourth-order valence-corrected chi connectivity index (χ4v) is 6.26. The van der Waals surface area contributed by atoms with Crippen LogP contribution in [-0.2, 0) is 4.79 Å². The largest absolute Gasteiger partial charge is 0.349 e. The molecule has 3 fully saturated rings. The van der Waals surface area contributed by atoms with E-state index in [1.54, 1.807) is 0 Å². The zero-order valence-electron chi connectivity index (χ0n) is 21.5. The number of rotatable bonds is 8. The molecule has 1 aliphatic carbocycles. The van der Waals surface area contributed by atoms with Gasteiger partial charge in [-0.3, -0.25) is 9.59 Å². The zero-order valence-corrected chi connectivity index (χ0v) is 21.5. The number of alkyl halides is 2. The molecular formula is C28H35F2N5O2. The molecule has 1 aromatic carbocycles. The van der Waals surface area contributed by atoms with Crippen LogP contribution in [0.15, 0.2) is 36.7 Å². The molecule has 0 bridgehead atoms. The van der Waals surface area contributed by atoms with Gasteiger partial charge in [0.1, 0.15) is 6.33 Å². The van der Waals surface area contributed by atoms with Crippen LogP contribution < -0.4 is 5.32 Å². The van der Waals surface area contributed by atoms with E-state index in [1.807, 2.05) is 49.1 Å². The van der Waals surface area contributed by atoms with Crippen LogP contribution in [0.3, 0.4) is 0 Å². The van der Waals surface area contributed by atoms with Crippen LogP contribution in [0.25, 0.3) is 0 Å². The quantitative estimate of drug-likeness (QED) is 0.584. The van der Waals surface area contributed by atoms with Crippen molar-refractivity contribution in [2.45, 2.75) is 51.5 Å². The molecule has 37 heavy (non-hydrogen) atoms. The zero-order chi connectivity index (χ0) is 26.2. The number of benzene rings is 1. The van der Waals surface area contributed by atoms with E-state index >= 15 is 0 Å². The third-order valence-electron chi connectivity index (χ3n) is 8.21. The van der Waals surface area contributed by atoms with E-state index in [9.17, 15) is 18.4 Å². The van der Waals surface area contributed by atoms with Crippen LogP contribution in [0.2, 0.25) is 0 Å². The summed E-state index contributed by atoms with van der Waals surface area (Å²) in [6.45, 7) is 7.84. The molecule has 9 heteroatoms. The number of carbonyl (C=O) groups is 2. The van der Waals surface area contributed by atoms with Crippen molar-refractivity contribution in [2.75, 3.05) is 32.7 Å². The highest BCUT2D eigenvalue weighted by Gasteiger charge is 2.46. The van der Waals surface area contributed by atoms with Crippen molar-refractivity contribution in [3.8, 4) is 0 Å². The van der Waals surface area contributed by atoms with Crippen LogP contribution in [-0.4, -0.2) is 70.2 Å². The first kappa shape index (κ1) is 25.7. The van der Waals surface area contributed by atoms with Crippen molar-refractivity contribution >= 4 is 11.8 Å². The lowest BCUT2D eigenvalue weighted by atomic mass is 9.79. The summed E-state index contributed by atoms with van der Waals surface area (Å²) in [5.74, 6) is -2.11. The van der Waals surface area contributed by atoms with Gasteiger partial charge in [0, 0.05) is 52.0 Å². The number of carbonyl (C=O) groups excluding carboxylic acids is 2. The maximum atomic E-state index is 13.2. The van der Waals surface area contributed by atoms with Gasteiger partial charge >= 0.3 is 0 Å². The van der Waals surface area contributed by atoms with Crippen molar-refractivity contribution in [3.05, 3.63) is 59.2 Å². The van der Waals surface area contributed by atoms with Gasteiger partial charge in [-0.25, -0.2) is 18.7 Å². The van der Waals surface area contributed by atoms with E-state index in [0.29, 0.717) is 17.4 Å². The number of aryl methyl sites for hydroxylation is 2. The van der Waals surface area contributed by atoms with Crippen molar-refractivity contribution in [1.82, 2.24) is 25.1 Å². The second-order valence-corrected chi connectivity index (χ2v) is 11.1. The molecule has 2 unspecified atom stereocenters. The summed E-state index contributed by atoms with van der Waals surface area (Å²) in [5, 5.41) is 3.11. The van der Waals surface area contributed by atoms with Crippen molar-refractivity contribution in [1.29, 1.82) is 0 Å². The van der Waals surface area contributed by atoms with E-state index in [0.717, 1.165) is 56.1 Å². The van der Waals surface area contributed by atoms with E-state index in [1.165, 1.54) is 6.33 Å². The summed E-state index contributed by atoms with van der Waals surface area (Å²) >= 11 is 0. The molecule has 5 rings (SSSR count). The van der Waals surface area contributed by atoms with Gasteiger partial charge in [0.25, 0.3) is 5.91 Å². The lowest BCUT2D eigenvalue weighted by molar-refractivity contribution is -0.134. The molecule has 1 N–H and O–H groups in total. The van der Waals surface area contributed by atoms with E-state index < -0.39 is 5.92 Å². The van der Waals surface area contributed by atoms with E-state index in [-0.39, 0.29) is 43.0 Å². The molecule has 1 aromatic heterocycles. The molecule has 2 aromatic rings. The summed E-state index contributed by atoms with van der Waals surface area (Å²) in [4.78, 5) is 38.6. The lowest BCUT2D eigenvalue weighted by Gasteiger charge is -2.34. The van der Waals surface area contributed by atoms with Crippen LogP contribution >= 0.6 is 0 Å². The van der Waals surface area contributed by atoms with Gasteiger partial charge in [-0.2, -0.15) is 0 Å². The first-order valence-corrected chi connectivity index (χ1v) is 13.2. The molecule has 2 aliphatic heterocycles. The molecule has 0 spiro atoms. The smallest absolute Gasteiger partial charge is 0.257 e. The van der Waals surface area contributed by atoms with Crippen LogP contribution in [0.4, 0.5) is 8.78 Å². The second-order valence-electron chi connectivity index (χ2n) is 11.1. The van der Waals surface area contributed by atoms with Gasteiger partial charge in [0.2, 0.25) is 11.8 Å². The molecule has 0 radical (unpaired) electrons. The number of fused-ring (bicyclic) bond motifs is 1. The van der Waals surface area contributed by atoms with Gasteiger partial charge < -0.3 is 15.1 Å². The van der Waals surface area contributed by atoms with Gasteiger partial charge in [-0.05, 0) is 43.6 Å². The highest BCUT2D eigenvalue weighted by atomic mass is 19.3. The second kappa shape index (κ2) is 10.4. The minimum absolute atomic E-state index is 0.0210. The molecule has 3 atom stereocenters. The third kappa shape index (κ3) is 5.81. The van der Waals surface area contributed by atoms with Crippen LogP contribution in [0.5, 0.6) is 0 Å². The Morgan fingerprint density at radius 3 is 2.24 bits per heavy atom. The number of aromatic nitrogens is 2. The fourth-order valence-electron chi connectivity index (χ4n) is 6.26. The number of hydrogen-bond donors (Lipinski definition) is 1. The predicted octanol–water partition coefficient (Wildman–Crippen LogP) is 3.78. The van der Waals surface area contributed by atoms with Gasteiger partial charge in [-0.15, -0.1) is 0 Å². The lowest BCUT2D eigenvalue weighted by Crippen LogP contribution is -2.40. The van der Waals surface area contributed by atoms with Crippen molar-refractivity contribution in [3.63, 3.8) is 0 Å². The Bertz CT molecular complexity index is 1100. The normalized spacial score (nSPS) is 23.9. The first-order valence-electron chi connectivity index (χ1n) is 13.2. The number of halogens is 2. The number of amides is 2. The van der Waals surface area contributed by atoms with Crippen molar-refractivity contribution < 1.29 is 18.4 Å². The summed E-state index contributed by atoms with van der Waals surface area (Å²) in [7, 11) is 0. The molecule has 2 amide bonds. The van der Waals surface area contributed by atoms with Crippen LogP contribution in [0.1, 0.15) is 59.0 Å². The Morgan fingerprint density at radius 1 is 1.03 bits per heavy atom. The van der Waals surface area contributed by atoms with Gasteiger partial charge in [0.05, 0.1) is 23.0 Å². The molecule has 3 aliphatic rings. The Balaban J connectivity index is 1.14. The number of hydrogen-bond acceptors (Lipinski definition) is 5. The highest BCUT2D eigenvalue weighted by molar-refractivity contribution is 5.96. The number of nitrogens with zero attached hydrogens (tertiary/aromatic N) is 4. The highest BCUT2D eigenvalue weighted by Crippen LogP contribution is 2.44. The minimum Gasteiger partial charge on any atom is -0.349 e. The Kier molecular flexibility index (Phi) is 7.25. The van der Waals surface area contributed by atoms with Gasteiger partial charge in [0.15, 0.2) is 0 Å². The summed E-state index contributed by atoms with van der Waals surface area (Å²) < 4.78 is 26.4. The molecule has 2 saturated heterocycles. The van der Waals surface area contributed by atoms with E-state index in [4.69, 9.17) is 0 Å². The summed E-state index contributed by atoms with van der Waals surface area (Å²) in [5.41, 5.74) is 3.08. The SMILES string of the molecule is Cc1ncnc(C)c1C(=O)N1CC2CN(CC[C@H](NC(=O)CC3CC(F)(F)C3)c3ccccc3)CC2C1. The molecule has 1 saturated carbocycles. The molecule has 3 heterocycles. The maximum Gasteiger partial charge on any atom is 0.257 e. The third-order valence-corrected chi connectivity index (χ3v) is 8.21. The summed E-state index contributed by atoms with van der Waals surface area (Å²) in [6, 6.07) is 9.70. The predicted molar refractivity (Wildman–Crippen MR) is 135 cm³/mol. The standard InChI is InChI=1S/C28H35F2N5O2/c1-18-26(19(2)32-17-31-18)27(37)35-15-22-13-34(14-23(22)16-35)9-8-24(21-6-4-3-5-7-21)33-25(36)10-20-11-28(29,30)12-20/h3-7,17,20,22-24H,8-16H2,1-2H3,(H,33,36)/t22?,23?,24-/m0/s1. The molecule has 7 nitrogen and oxygen atoms in total.